The predicted octanol–water partition coefficient (Wildman–Crippen LogP) is 3.36. The molecule has 6 heteroatoms. The quantitative estimate of drug-likeness (QED) is 0.542. The van der Waals surface area contributed by atoms with Crippen molar-refractivity contribution < 1.29 is 13.2 Å². The zero-order valence-electron chi connectivity index (χ0n) is 16.0. The van der Waals surface area contributed by atoms with E-state index < -0.39 is 9.84 Å². The van der Waals surface area contributed by atoms with Crippen molar-refractivity contribution in [3.05, 3.63) is 12.3 Å². The average Bonchev–Trinajstić information content (AvgIpc) is 2.60. The number of rotatable bonds is 5. The van der Waals surface area contributed by atoms with Gasteiger partial charge < -0.3 is 4.90 Å². The van der Waals surface area contributed by atoms with E-state index in [0.29, 0.717) is 37.5 Å². The van der Waals surface area contributed by atoms with Crippen LogP contribution in [0.3, 0.4) is 0 Å². The standard InChI is InChI=1S/C20H32N2O3S/c1-3-18(13-17-7-5-4-6-8-17)21-16(2)19(23)22-14-20(15-22)9-11-26(24,25)12-10-20/h17H,2-15H2,1H3. The van der Waals surface area contributed by atoms with Crippen molar-refractivity contribution in [3.63, 3.8) is 0 Å². The Balaban J connectivity index is 1.52. The third kappa shape index (κ3) is 4.56. The van der Waals surface area contributed by atoms with E-state index in [4.69, 9.17) is 0 Å². The van der Waals surface area contributed by atoms with E-state index in [2.05, 4.69) is 18.5 Å². The van der Waals surface area contributed by atoms with E-state index in [1.807, 2.05) is 0 Å². The van der Waals surface area contributed by atoms with Gasteiger partial charge in [0.2, 0.25) is 0 Å². The van der Waals surface area contributed by atoms with Crippen LogP contribution in [-0.2, 0) is 14.6 Å². The summed E-state index contributed by atoms with van der Waals surface area (Å²) in [7, 11) is -2.86. The van der Waals surface area contributed by atoms with Gasteiger partial charge in [-0.3, -0.25) is 9.79 Å². The number of sulfone groups is 1. The first-order chi connectivity index (χ1) is 12.3. The Bertz CT molecular complexity index is 668. The van der Waals surface area contributed by atoms with Crippen molar-refractivity contribution in [1.29, 1.82) is 0 Å². The summed E-state index contributed by atoms with van der Waals surface area (Å²) >= 11 is 0. The molecule has 0 radical (unpaired) electrons. The lowest BCUT2D eigenvalue weighted by molar-refractivity contribution is -0.139. The fourth-order valence-electron chi connectivity index (χ4n) is 4.61. The lowest BCUT2D eigenvalue weighted by Gasteiger charge is -2.52. The average molecular weight is 381 g/mol. The number of hydrogen-bond acceptors (Lipinski definition) is 4. The van der Waals surface area contributed by atoms with Gasteiger partial charge in [0.15, 0.2) is 0 Å². The molecule has 3 fully saturated rings. The number of aliphatic imine (C=N–C) groups is 1. The lowest BCUT2D eigenvalue weighted by Crippen LogP contribution is -2.61. The van der Waals surface area contributed by atoms with Crippen LogP contribution in [0.25, 0.3) is 0 Å². The van der Waals surface area contributed by atoms with E-state index in [0.717, 1.165) is 18.6 Å². The Hall–Kier alpha value is -1.17. The second kappa shape index (κ2) is 7.83. The maximum absolute atomic E-state index is 12.6. The molecule has 0 unspecified atom stereocenters. The number of carbonyl (C=O) groups is 1. The van der Waals surface area contributed by atoms with Gasteiger partial charge in [-0.2, -0.15) is 0 Å². The number of hydrogen-bond donors (Lipinski definition) is 0. The normalized spacial score (nSPS) is 25.7. The molecule has 2 aliphatic heterocycles. The molecule has 1 amide bonds. The zero-order chi connectivity index (χ0) is 18.8. The van der Waals surface area contributed by atoms with E-state index in [9.17, 15) is 13.2 Å². The molecule has 0 aromatic carbocycles. The van der Waals surface area contributed by atoms with E-state index >= 15 is 0 Å². The van der Waals surface area contributed by atoms with Crippen LogP contribution in [-0.4, -0.2) is 49.5 Å². The summed E-state index contributed by atoms with van der Waals surface area (Å²) in [6.45, 7) is 7.32. The molecular weight excluding hydrogens is 348 g/mol. The SMILES string of the molecule is C=C(N=C(CC)CC1CCCCC1)C(=O)N1CC2(CCS(=O)(=O)CC2)C1. The van der Waals surface area contributed by atoms with Crippen LogP contribution in [0.15, 0.2) is 17.3 Å². The van der Waals surface area contributed by atoms with Gasteiger partial charge in [0.05, 0.1) is 11.5 Å². The molecule has 3 rings (SSSR count). The Morgan fingerprint density at radius 3 is 2.35 bits per heavy atom. The van der Waals surface area contributed by atoms with Gasteiger partial charge in [0.25, 0.3) is 5.91 Å². The Morgan fingerprint density at radius 2 is 1.77 bits per heavy atom. The minimum atomic E-state index is -2.86. The Morgan fingerprint density at radius 1 is 1.15 bits per heavy atom. The molecule has 3 aliphatic rings. The fraction of sp³-hybridized carbons (Fsp3) is 0.800. The fourth-order valence-corrected chi connectivity index (χ4v) is 6.30. The van der Waals surface area contributed by atoms with Crippen molar-refractivity contribution in [2.45, 2.75) is 64.7 Å². The Kier molecular flexibility index (Phi) is 5.90. The van der Waals surface area contributed by atoms with Gasteiger partial charge in [-0.15, -0.1) is 0 Å². The first-order valence-corrected chi connectivity index (χ1v) is 11.9. The molecule has 5 nitrogen and oxygen atoms in total. The first kappa shape index (κ1) is 19.6. The summed E-state index contributed by atoms with van der Waals surface area (Å²) < 4.78 is 23.2. The number of carbonyl (C=O) groups excluding carboxylic acids is 1. The van der Waals surface area contributed by atoms with Crippen LogP contribution in [0, 0.1) is 11.3 Å². The smallest absolute Gasteiger partial charge is 0.271 e. The van der Waals surface area contributed by atoms with E-state index in [1.54, 1.807) is 4.90 Å². The molecule has 1 saturated carbocycles. The molecule has 0 aromatic heterocycles. The first-order valence-electron chi connectivity index (χ1n) is 10.1. The van der Waals surface area contributed by atoms with E-state index in [-0.39, 0.29) is 22.8 Å². The van der Waals surface area contributed by atoms with Crippen LogP contribution >= 0.6 is 0 Å². The molecule has 0 bridgehead atoms. The second-order valence-electron chi connectivity index (χ2n) is 8.50. The topological polar surface area (TPSA) is 66.8 Å². The molecule has 26 heavy (non-hydrogen) atoms. The van der Waals surface area contributed by atoms with Crippen LogP contribution in [0.4, 0.5) is 0 Å². The molecule has 1 spiro atoms. The maximum atomic E-state index is 12.6. The minimum Gasteiger partial charge on any atom is -0.336 e. The molecule has 2 heterocycles. The van der Waals surface area contributed by atoms with Gasteiger partial charge >= 0.3 is 0 Å². The van der Waals surface area contributed by atoms with Gasteiger partial charge in [-0.25, -0.2) is 8.42 Å². The number of amides is 1. The minimum absolute atomic E-state index is 0.0145. The molecule has 1 aliphatic carbocycles. The highest BCUT2D eigenvalue weighted by Crippen LogP contribution is 2.41. The molecule has 2 saturated heterocycles. The zero-order valence-corrected chi connectivity index (χ0v) is 16.8. The molecule has 0 atom stereocenters. The van der Waals surface area contributed by atoms with Crippen molar-refractivity contribution in [2.24, 2.45) is 16.3 Å². The summed E-state index contributed by atoms with van der Waals surface area (Å²) in [5.74, 6) is 1.14. The predicted molar refractivity (Wildman–Crippen MR) is 105 cm³/mol. The molecule has 0 aromatic rings. The van der Waals surface area contributed by atoms with Crippen LogP contribution in [0.1, 0.15) is 64.7 Å². The third-order valence-electron chi connectivity index (χ3n) is 6.42. The summed E-state index contributed by atoms with van der Waals surface area (Å²) in [6, 6.07) is 0. The highest BCUT2D eigenvalue weighted by molar-refractivity contribution is 7.91. The highest BCUT2D eigenvalue weighted by Gasteiger charge is 2.48. The molecule has 146 valence electrons. The van der Waals surface area contributed by atoms with Crippen LogP contribution < -0.4 is 0 Å². The van der Waals surface area contributed by atoms with Crippen molar-refractivity contribution in [2.75, 3.05) is 24.6 Å². The van der Waals surface area contributed by atoms with Gasteiger partial charge in [0, 0.05) is 24.2 Å². The number of nitrogens with zero attached hydrogens (tertiary/aromatic N) is 2. The third-order valence-corrected chi connectivity index (χ3v) is 8.08. The summed E-state index contributed by atoms with van der Waals surface area (Å²) in [5.41, 5.74) is 1.45. The van der Waals surface area contributed by atoms with Crippen LogP contribution in [0.2, 0.25) is 0 Å². The van der Waals surface area contributed by atoms with Gasteiger partial charge in [-0.05, 0) is 31.6 Å². The van der Waals surface area contributed by atoms with Crippen molar-refractivity contribution >= 4 is 21.5 Å². The van der Waals surface area contributed by atoms with Crippen LogP contribution in [0.5, 0.6) is 0 Å². The van der Waals surface area contributed by atoms with Crippen molar-refractivity contribution in [3.8, 4) is 0 Å². The summed E-state index contributed by atoms with van der Waals surface area (Å²) in [6.07, 6.45) is 9.73. The maximum Gasteiger partial charge on any atom is 0.271 e. The van der Waals surface area contributed by atoms with Gasteiger partial charge in [-0.1, -0.05) is 45.6 Å². The van der Waals surface area contributed by atoms with E-state index in [1.165, 1.54) is 32.1 Å². The summed E-state index contributed by atoms with van der Waals surface area (Å²) in [4.78, 5) is 19.0. The largest absolute Gasteiger partial charge is 0.336 e. The van der Waals surface area contributed by atoms with Crippen molar-refractivity contribution in [1.82, 2.24) is 4.90 Å². The lowest BCUT2D eigenvalue weighted by atomic mass is 9.74. The van der Waals surface area contributed by atoms with Gasteiger partial charge in [0.1, 0.15) is 15.5 Å². The monoisotopic (exact) mass is 380 g/mol. The Labute approximate surface area is 157 Å². The highest BCUT2D eigenvalue weighted by atomic mass is 32.2. The molecular formula is C20H32N2O3S. The number of likely N-dealkylation sites (tertiary alicyclic amines) is 1. The molecule has 0 N–H and O–H groups in total. The second-order valence-corrected chi connectivity index (χ2v) is 10.8. The summed E-state index contributed by atoms with van der Waals surface area (Å²) in [5, 5.41) is 0.